The summed E-state index contributed by atoms with van der Waals surface area (Å²) in [6, 6.07) is -2.52. The van der Waals surface area contributed by atoms with Crippen molar-refractivity contribution in [3.63, 3.8) is 0 Å². The lowest BCUT2D eigenvalue weighted by molar-refractivity contribution is -0.144. The first-order chi connectivity index (χ1) is 19.0. The Morgan fingerprint density at radius 1 is 0.950 bits per heavy atom. The highest BCUT2D eigenvalue weighted by atomic mass is 16.6. The number of nitrogens with one attached hydrogen (secondary N) is 2. The number of hydrogen-bond acceptors (Lipinski definition) is 6. The first-order valence-electron chi connectivity index (χ1n) is 15.4. The molecule has 10 nitrogen and oxygen atoms in total. The first-order valence-corrected chi connectivity index (χ1v) is 15.4. The maximum atomic E-state index is 14.2. The molecule has 4 saturated carbocycles. The molecule has 40 heavy (non-hydrogen) atoms. The third kappa shape index (κ3) is 5.86. The molecule has 1 saturated heterocycles. The maximum absolute atomic E-state index is 14.2. The highest BCUT2D eigenvalue weighted by Crippen LogP contribution is 2.65. The van der Waals surface area contributed by atoms with E-state index in [2.05, 4.69) is 31.4 Å². The highest BCUT2D eigenvalue weighted by molar-refractivity contribution is 6.37. The number of nitrogens with zero attached hydrogens (tertiary/aromatic N) is 1. The summed E-state index contributed by atoms with van der Waals surface area (Å²) >= 11 is 0. The minimum atomic E-state index is -1.06. The van der Waals surface area contributed by atoms with Gasteiger partial charge in [-0.2, -0.15) is 0 Å². The standard InChI is InChI=1S/C30H46N4O6/c1-16-8-7-11-21(16)40-29(39)33-23(18-9-5-4-6-10-18)28(38)34-15-19-22(30(19,2)3)24(34)27(37)32-20(14-17-12-13-17)25(35)26(31)36/h16-24H,4-15H2,1-3H3,(H2,31,36)(H,32,37)(H,33,39)/t16-,19?,20?,21-,22?,23-,24-/m0/s1. The Morgan fingerprint density at radius 3 is 2.25 bits per heavy atom. The Kier molecular flexibility index (Phi) is 8.17. The van der Waals surface area contributed by atoms with Gasteiger partial charge >= 0.3 is 6.09 Å². The molecular formula is C30H46N4O6. The molecule has 5 fully saturated rings. The third-order valence-corrected chi connectivity index (χ3v) is 10.6. The van der Waals surface area contributed by atoms with Crippen molar-refractivity contribution < 1.29 is 28.7 Å². The molecule has 0 radical (unpaired) electrons. The van der Waals surface area contributed by atoms with Crippen LogP contribution in [0.4, 0.5) is 4.79 Å². The van der Waals surface area contributed by atoms with Crippen LogP contribution in [0.15, 0.2) is 0 Å². The van der Waals surface area contributed by atoms with Gasteiger partial charge in [0, 0.05) is 6.54 Å². The van der Waals surface area contributed by atoms with Crippen LogP contribution in [-0.2, 0) is 23.9 Å². The fourth-order valence-electron chi connectivity index (χ4n) is 7.77. The summed E-state index contributed by atoms with van der Waals surface area (Å²) in [5, 5.41) is 5.74. The molecule has 4 aliphatic carbocycles. The van der Waals surface area contributed by atoms with E-state index in [-0.39, 0.29) is 41.1 Å². The van der Waals surface area contributed by atoms with Crippen molar-refractivity contribution in [3.8, 4) is 0 Å². The Labute approximate surface area is 236 Å². The van der Waals surface area contributed by atoms with Crippen LogP contribution < -0.4 is 16.4 Å². The van der Waals surface area contributed by atoms with Crippen LogP contribution >= 0.6 is 0 Å². The number of fused-ring (bicyclic) bond motifs is 1. The molecule has 0 aromatic heterocycles. The third-order valence-electron chi connectivity index (χ3n) is 10.6. The smallest absolute Gasteiger partial charge is 0.408 e. The van der Waals surface area contributed by atoms with E-state index in [9.17, 15) is 24.0 Å². The molecule has 0 spiro atoms. The van der Waals surface area contributed by atoms with Crippen molar-refractivity contribution in [3.05, 3.63) is 0 Å². The van der Waals surface area contributed by atoms with Crippen LogP contribution in [0.1, 0.15) is 91.4 Å². The average Bonchev–Trinajstić information content (AvgIpc) is 3.69. The summed E-state index contributed by atoms with van der Waals surface area (Å²) in [5.74, 6) is -1.89. The highest BCUT2D eigenvalue weighted by Gasteiger charge is 2.69. The number of alkyl carbamates (subject to hydrolysis) is 1. The summed E-state index contributed by atoms with van der Waals surface area (Å²) in [7, 11) is 0. The fourth-order valence-corrected chi connectivity index (χ4v) is 7.77. The molecule has 0 aromatic carbocycles. The predicted octanol–water partition coefficient (Wildman–Crippen LogP) is 2.67. The number of primary amides is 1. The van der Waals surface area contributed by atoms with Crippen LogP contribution in [0.25, 0.3) is 0 Å². The van der Waals surface area contributed by atoms with E-state index in [0.717, 1.165) is 64.2 Å². The minimum absolute atomic E-state index is 0.0255. The van der Waals surface area contributed by atoms with Crippen molar-refractivity contribution >= 4 is 29.6 Å². The lowest BCUT2D eigenvalue weighted by Gasteiger charge is -2.37. The number of likely N-dealkylation sites (tertiary alicyclic amines) is 1. The largest absolute Gasteiger partial charge is 0.446 e. The van der Waals surface area contributed by atoms with Crippen LogP contribution in [0.2, 0.25) is 0 Å². The van der Waals surface area contributed by atoms with Crippen LogP contribution in [0, 0.1) is 35.0 Å². The van der Waals surface area contributed by atoms with Gasteiger partial charge in [-0.25, -0.2) is 4.79 Å². The van der Waals surface area contributed by atoms with E-state index in [0.29, 0.717) is 18.9 Å². The van der Waals surface area contributed by atoms with Crippen molar-refractivity contribution in [1.29, 1.82) is 0 Å². The fraction of sp³-hybridized carbons (Fsp3) is 0.833. The van der Waals surface area contributed by atoms with Gasteiger partial charge in [0.1, 0.15) is 18.2 Å². The van der Waals surface area contributed by atoms with Crippen LogP contribution in [0.3, 0.4) is 0 Å². The van der Waals surface area contributed by atoms with Gasteiger partial charge in [0.2, 0.25) is 17.6 Å². The van der Waals surface area contributed by atoms with Crippen molar-refractivity contribution in [1.82, 2.24) is 15.5 Å². The van der Waals surface area contributed by atoms with Gasteiger partial charge in [-0.3, -0.25) is 19.2 Å². The second-order valence-electron chi connectivity index (χ2n) is 13.7. The van der Waals surface area contributed by atoms with E-state index in [4.69, 9.17) is 10.5 Å². The van der Waals surface area contributed by atoms with Crippen molar-refractivity contribution in [2.24, 2.45) is 40.7 Å². The topological polar surface area (TPSA) is 148 Å². The lowest BCUT2D eigenvalue weighted by atomic mass is 9.83. The van der Waals surface area contributed by atoms with Gasteiger partial charge in [-0.1, -0.05) is 52.9 Å². The molecule has 4 amide bonds. The molecule has 5 rings (SSSR count). The number of piperidine rings is 1. The number of ketones is 1. The number of amides is 4. The van der Waals surface area contributed by atoms with Gasteiger partial charge in [-0.05, 0) is 73.5 Å². The van der Waals surface area contributed by atoms with Gasteiger partial charge < -0.3 is 26.0 Å². The van der Waals surface area contributed by atoms with E-state index < -0.39 is 41.8 Å². The number of ether oxygens (including phenoxy) is 1. The molecule has 5 aliphatic rings. The van der Waals surface area contributed by atoms with E-state index >= 15 is 0 Å². The van der Waals surface area contributed by atoms with Gasteiger partial charge in [0.05, 0.1) is 6.04 Å². The summed E-state index contributed by atoms with van der Waals surface area (Å²) in [4.78, 5) is 66.9. The zero-order valence-electron chi connectivity index (χ0n) is 24.2. The normalized spacial score (nSPS) is 32.5. The SMILES string of the molecule is C[C@H]1CCC[C@@H]1OC(=O)N[C@H](C(=O)N1CC2C([C@H]1C(=O)NC(CC1CC1)C(=O)C(N)=O)C2(C)C)C1CCCCC1. The summed E-state index contributed by atoms with van der Waals surface area (Å²) < 4.78 is 5.76. The Bertz CT molecular complexity index is 1040. The summed E-state index contributed by atoms with van der Waals surface area (Å²) in [5.41, 5.74) is 5.17. The molecule has 3 unspecified atom stereocenters. The summed E-state index contributed by atoms with van der Waals surface area (Å²) in [6.07, 6.45) is 9.19. The number of Topliss-reactive ketones (excluding diaryl/α,β-unsaturated/α-hetero) is 1. The molecule has 1 aliphatic heterocycles. The second kappa shape index (κ2) is 11.3. The molecule has 10 heteroatoms. The maximum Gasteiger partial charge on any atom is 0.408 e. The lowest BCUT2D eigenvalue weighted by Crippen LogP contribution is -2.59. The van der Waals surface area contributed by atoms with Crippen molar-refractivity contribution in [2.45, 2.75) is 116 Å². The van der Waals surface area contributed by atoms with Gasteiger partial charge in [0.15, 0.2) is 0 Å². The predicted molar refractivity (Wildman–Crippen MR) is 147 cm³/mol. The molecular weight excluding hydrogens is 512 g/mol. The number of carbonyl (C=O) groups excluding carboxylic acids is 5. The number of nitrogens with two attached hydrogens (primary N) is 1. The first kappa shape index (κ1) is 28.9. The average molecular weight is 559 g/mol. The monoisotopic (exact) mass is 558 g/mol. The number of rotatable bonds is 10. The van der Waals surface area contributed by atoms with E-state index in [1.54, 1.807) is 4.90 Å². The molecule has 7 atom stereocenters. The van der Waals surface area contributed by atoms with E-state index in [1.165, 1.54) is 0 Å². The van der Waals surface area contributed by atoms with Crippen LogP contribution in [-0.4, -0.2) is 65.3 Å². The number of carbonyl (C=O) groups is 5. The zero-order valence-corrected chi connectivity index (χ0v) is 24.2. The molecule has 0 bridgehead atoms. The Hall–Kier alpha value is -2.65. The molecule has 4 N–H and O–H groups in total. The quantitative estimate of drug-likeness (QED) is 0.351. The number of hydrogen-bond donors (Lipinski definition) is 3. The van der Waals surface area contributed by atoms with Gasteiger partial charge in [-0.15, -0.1) is 0 Å². The van der Waals surface area contributed by atoms with Gasteiger partial charge in [0.25, 0.3) is 5.91 Å². The second-order valence-corrected chi connectivity index (χ2v) is 13.7. The minimum Gasteiger partial charge on any atom is -0.446 e. The zero-order chi connectivity index (χ0) is 28.8. The van der Waals surface area contributed by atoms with E-state index in [1.807, 2.05) is 0 Å². The molecule has 222 valence electrons. The Balaban J connectivity index is 1.34. The molecule has 1 heterocycles. The summed E-state index contributed by atoms with van der Waals surface area (Å²) in [6.45, 7) is 6.69. The van der Waals surface area contributed by atoms with Crippen molar-refractivity contribution in [2.75, 3.05) is 6.54 Å². The van der Waals surface area contributed by atoms with Crippen LogP contribution in [0.5, 0.6) is 0 Å². The Morgan fingerprint density at radius 2 is 1.65 bits per heavy atom. The molecule has 0 aromatic rings.